The lowest BCUT2D eigenvalue weighted by molar-refractivity contribution is 0.0925. The topological polar surface area (TPSA) is 84.2 Å². The summed E-state index contributed by atoms with van der Waals surface area (Å²) in [5.74, 6) is 0.0761. The fourth-order valence-electron chi connectivity index (χ4n) is 2.49. The third kappa shape index (κ3) is 5.50. The number of hydrogen-bond donors (Lipinski definition) is 3. The molecule has 0 aliphatic carbocycles. The van der Waals surface area contributed by atoms with Gasteiger partial charge in [0.1, 0.15) is 0 Å². The van der Waals surface area contributed by atoms with Gasteiger partial charge in [0.25, 0.3) is 5.91 Å². The molecular formula is C19H22ClN3O2. The van der Waals surface area contributed by atoms with Crippen LogP contribution >= 0.6 is 11.6 Å². The number of primary amides is 1. The van der Waals surface area contributed by atoms with Crippen LogP contribution in [0.25, 0.3) is 0 Å². The molecule has 3 amide bonds. The lowest BCUT2D eigenvalue weighted by Crippen LogP contribution is -2.31. The summed E-state index contributed by atoms with van der Waals surface area (Å²) in [5.41, 5.74) is 7.48. The molecule has 4 N–H and O–H groups in total. The Kier molecular flexibility index (Phi) is 6.42. The van der Waals surface area contributed by atoms with Crippen molar-refractivity contribution in [1.82, 2.24) is 10.6 Å². The zero-order valence-electron chi connectivity index (χ0n) is 14.3. The van der Waals surface area contributed by atoms with Crippen LogP contribution in [0.1, 0.15) is 41.4 Å². The SMILES string of the molecule is CC(C)C(NC(=O)c1ccc(CNC(N)=O)cc1)c1ccc(Cl)cc1. The van der Waals surface area contributed by atoms with Crippen LogP contribution in [0, 0.1) is 5.92 Å². The lowest BCUT2D eigenvalue weighted by Gasteiger charge is -2.23. The van der Waals surface area contributed by atoms with Gasteiger partial charge in [0.2, 0.25) is 0 Å². The molecule has 0 spiro atoms. The van der Waals surface area contributed by atoms with E-state index in [1.54, 1.807) is 24.3 Å². The van der Waals surface area contributed by atoms with Gasteiger partial charge in [0, 0.05) is 17.1 Å². The standard InChI is InChI=1S/C19H22ClN3O2/c1-12(2)17(14-7-9-16(20)10-8-14)23-18(24)15-5-3-13(4-6-15)11-22-19(21)25/h3-10,12,17H,11H2,1-2H3,(H,23,24)(H3,21,22,25). The molecule has 0 aliphatic rings. The van der Waals surface area contributed by atoms with Gasteiger partial charge in [-0.15, -0.1) is 0 Å². The van der Waals surface area contributed by atoms with Crippen molar-refractivity contribution in [2.75, 3.05) is 0 Å². The van der Waals surface area contributed by atoms with Crippen molar-refractivity contribution >= 4 is 23.5 Å². The van der Waals surface area contributed by atoms with Gasteiger partial charge in [-0.2, -0.15) is 0 Å². The number of halogens is 1. The first-order chi connectivity index (χ1) is 11.9. The largest absolute Gasteiger partial charge is 0.352 e. The molecule has 0 bridgehead atoms. The van der Waals surface area contributed by atoms with E-state index in [0.717, 1.165) is 11.1 Å². The highest BCUT2D eigenvalue weighted by Crippen LogP contribution is 2.23. The summed E-state index contributed by atoms with van der Waals surface area (Å²) in [6, 6.07) is 13.8. The van der Waals surface area contributed by atoms with Crippen molar-refractivity contribution in [3.63, 3.8) is 0 Å². The molecule has 2 aromatic rings. The van der Waals surface area contributed by atoms with Crippen molar-refractivity contribution < 1.29 is 9.59 Å². The Balaban J connectivity index is 2.07. The van der Waals surface area contributed by atoms with Crippen LogP contribution in [0.2, 0.25) is 5.02 Å². The second kappa shape index (κ2) is 8.53. The molecule has 0 aromatic heterocycles. The zero-order chi connectivity index (χ0) is 18.4. The number of amides is 3. The van der Waals surface area contributed by atoms with Crippen molar-refractivity contribution in [2.24, 2.45) is 11.7 Å². The third-order valence-corrected chi connectivity index (χ3v) is 4.12. The molecule has 0 aliphatic heterocycles. The van der Waals surface area contributed by atoms with E-state index in [2.05, 4.69) is 24.5 Å². The summed E-state index contributed by atoms with van der Waals surface area (Å²) >= 11 is 5.94. The fraction of sp³-hybridized carbons (Fsp3) is 0.263. The number of nitrogens with two attached hydrogens (primary N) is 1. The Labute approximate surface area is 152 Å². The molecular weight excluding hydrogens is 338 g/mol. The minimum absolute atomic E-state index is 0.110. The summed E-state index contributed by atoms with van der Waals surface area (Å²) in [5, 5.41) is 6.24. The number of hydrogen-bond acceptors (Lipinski definition) is 2. The van der Waals surface area contributed by atoms with Crippen LogP contribution in [-0.2, 0) is 6.54 Å². The molecule has 0 saturated heterocycles. The van der Waals surface area contributed by atoms with Gasteiger partial charge >= 0.3 is 6.03 Å². The summed E-state index contributed by atoms with van der Waals surface area (Å²) < 4.78 is 0. The predicted molar refractivity (Wildman–Crippen MR) is 99.4 cm³/mol. The highest BCUT2D eigenvalue weighted by Gasteiger charge is 2.19. The molecule has 2 aromatic carbocycles. The molecule has 0 saturated carbocycles. The Bertz CT molecular complexity index is 727. The Morgan fingerprint density at radius 3 is 2.16 bits per heavy atom. The van der Waals surface area contributed by atoms with Crippen LogP contribution in [0.15, 0.2) is 48.5 Å². The number of nitrogens with one attached hydrogen (secondary N) is 2. The number of carbonyl (C=O) groups excluding carboxylic acids is 2. The van der Waals surface area contributed by atoms with Gasteiger partial charge in [0.15, 0.2) is 0 Å². The van der Waals surface area contributed by atoms with Crippen LogP contribution in [0.4, 0.5) is 4.79 Å². The molecule has 25 heavy (non-hydrogen) atoms. The molecule has 132 valence electrons. The summed E-state index contributed by atoms with van der Waals surface area (Å²) in [6.07, 6.45) is 0. The number of benzene rings is 2. The second-order valence-corrected chi connectivity index (χ2v) is 6.60. The summed E-state index contributed by atoms with van der Waals surface area (Å²) in [6.45, 7) is 4.44. The van der Waals surface area contributed by atoms with Gasteiger partial charge in [-0.25, -0.2) is 4.79 Å². The maximum absolute atomic E-state index is 12.6. The summed E-state index contributed by atoms with van der Waals surface area (Å²) in [4.78, 5) is 23.3. The minimum Gasteiger partial charge on any atom is -0.352 e. The van der Waals surface area contributed by atoms with Gasteiger partial charge in [-0.1, -0.05) is 49.7 Å². The highest BCUT2D eigenvalue weighted by molar-refractivity contribution is 6.30. The van der Waals surface area contributed by atoms with E-state index in [9.17, 15) is 9.59 Å². The number of carbonyl (C=O) groups is 2. The first-order valence-corrected chi connectivity index (χ1v) is 8.43. The van der Waals surface area contributed by atoms with Crippen LogP contribution in [-0.4, -0.2) is 11.9 Å². The van der Waals surface area contributed by atoms with Crippen molar-refractivity contribution in [3.05, 3.63) is 70.2 Å². The van der Waals surface area contributed by atoms with E-state index in [0.29, 0.717) is 17.1 Å². The summed E-state index contributed by atoms with van der Waals surface area (Å²) in [7, 11) is 0. The molecule has 0 heterocycles. The third-order valence-electron chi connectivity index (χ3n) is 3.87. The van der Waals surface area contributed by atoms with Crippen molar-refractivity contribution in [2.45, 2.75) is 26.4 Å². The smallest absolute Gasteiger partial charge is 0.312 e. The average Bonchev–Trinajstić information content (AvgIpc) is 2.59. The molecule has 6 heteroatoms. The van der Waals surface area contributed by atoms with E-state index in [-0.39, 0.29) is 17.9 Å². The van der Waals surface area contributed by atoms with Crippen LogP contribution < -0.4 is 16.4 Å². The number of urea groups is 1. The van der Waals surface area contributed by atoms with Crippen LogP contribution in [0.5, 0.6) is 0 Å². The number of rotatable bonds is 6. The zero-order valence-corrected chi connectivity index (χ0v) is 15.0. The maximum atomic E-state index is 12.6. The molecule has 1 atom stereocenters. The van der Waals surface area contributed by atoms with Gasteiger partial charge in [-0.05, 0) is 41.3 Å². The monoisotopic (exact) mass is 359 g/mol. The van der Waals surface area contributed by atoms with Crippen molar-refractivity contribution in [1.29, 1.82) is 0 Å². The predicted octanol–water partition coefficient (Wildman–Crippen LogP) is 3.64. The van der Waals surface area contributed by atoms with E-state index < -0.39 is 6.03 Å². The second-order valence-electron chi connectivity index (χ2n) is 6.16. The Morgan fingerprint density at radius 2 is 1.64 bits per heavy atom. The molecule has 2 rings (SSSR count). The molecule has 0 radical (unpaired) electrons. The Morgan fingerprint density at radius 1 is 1.04 bits per heavy atom. The minimum atomic E-state index is -0.579. The van der Waals surface area contributed by atoms with Crippen molar-refractivity contribution in [3.8, 4) is 0 Å². The lowest BCUT2D eigenvalue weighted by atomic mass is 9.95. The van der Waals surface area contributed by atoms with E-state index in [1.165, 1.54) is 0 Å². The first kappa shape index (κ1) is 18.8. The maximum Gasteiger partial charge on any atom is 0.312 e. The van der Waals surface area contributed by atoms with Crippen LogP contribution in [0.3, 0.4) is 0 Å². The Hall–Kier alpha value is -2.53. The fourth-order valence-corrected chi connectivity index (χ4v) is 2.62. The van der Waals surface area contributed by atoms with E-state index >= 15 is 0 Å². The van der Waals surface area contributed by atoms with Gasteiger partial charge in [-0.3, -0.25) is 4.79 Å². The van der Waals surface area contributed by atoms with Gasteiger partial charge in [0.05, 0.1) is 6.04 Å². The quantitative estimate of drug-likeness (QED) is 0.735. The van der Waals surface area contributed by atoms with E-state index in [1.807, 2.05) is 24.3 Å². The molecule has 0 fully saturated rings. The first-order valence-electron chi connectivity index (χ1n) is 8.05. The molecule has 5 nitrogen and oxygen atoms in total. The average molecular weight is 360 g/mol. The highest BCUT2D eigenvalue weighted by atomic mass is 35.5. The molecule has 1 unspecified atom stereocenters. The van der Waals surface area contributed by atoms with Gasteiger partial charge < -0.3 is 16.4 Å². The van der Waals surface area contributed by atoms with E-state index in [4.69, 9.17) is 17.3 Å². The normalized spacial score (nSPS) is 11.8.